The lowest BCUT2D eigenvalue weighted by atomic mass is 10.1. The highest BCUT2D eigenvalue weighted by atomic mass is 79.9. The van der Waals surface area contributed by atoms with E-state index in [1.165, 1.54) is 5.56 Å². The van der Waals surface area contributed by atoms with Gasteiger partial charge in [0.05, 0.1) is 30.7 Å². The second-order valence-electron chi connectivity index (χ2n) is 7.01. The molecule has 1 aromatic heterocycles. The number of aromatic nitrogens is 2. The lowest BCUT2D eigenvalue weighted by Crippen LogP contribution is -2.37. The maximum absolute atomic E-state index is 12.5. The van der Waals surface area contributed by atoms with Crippen molar-refractivity contribution in [1.29, 1.82) is 0 Å². The fourth-order valence-corrected chi connectivity index (χ4v) is 3.51. The molecule has 0 bridgehead atoms. The van der Waals surface area contributed by atoms with Gasteiger partial charge in [0.1, 0.15) is 0 Å². The quantitative estimate of drug-likeness (QED) is 0.615. The van der Waals surface area contributed by atoms with Crippen LogP contribution in [0.1, 0.15) is 15.9 Å². The molecule has 1 amide bonds. The number of carbonyl (C=O) groups is 1. The Morgan fingerprint density at radius 3 is 2.52 bits per heavy atom. The van der Waals surface area contributed by atoms with E-state index < -0.39 is 0 Å². The third-order valence-electron chi connectivity index (χ3n) is 4.97. The molecule has 1 N–H and O–H groups in total. The minimum absolute atomic E-state index is 0.172. The molecule has 2 aromatic carbocycles. The molecule has 0 unspecified atom stereocenters. The van der Waals surface area contributed by atoms with Crippen LogP contribution in [0.3, 0.4) is 0 Å². The van der Waals surface area contributed by atoms with Crippen LogP contribution in [-0.4, -0.2) is 53.4 Å². The second kappa shape index (κ2) is 9.35. The topological polar surface area (TPSA) is 59.4 Å². The Morgan fingerprint density at radius 2 is 1.79 bits per heavy atom. The zero-order valence-corrected chi connectivity index (χ0v) is 17.6. The Bertz CT molecular complexity index is 948. The van der Waals surface area contributed by atoms with Crippen molar-refractivity contribution in [3.8, 4) is 5.69 Å². The number of hydrogen-bond acceptors (Lipinski definition) is 4. The van der Waals surface area contributed by atoms with E-state index in [2.05, 4.69) is 43.4 Å². The van der Waals surface area contributed by atoms with Crippen LogP contribution in [0.5, 0.6) is 0 Å². The first-order valence-corrected chi connectivity index (χ1v) is 10.5. The highest BCUT2D eigenvalue weighted by Gasteiger charge is 2.11. The number of ether oxygens (including phenoxy) is 1. The smallest absolute Gasteiger partial charge is 0.258 e. The first kappa shape index (κ1) is 19.8. The number of amides is 1. The van der Waals surface area contributed by atoms with Crippen LogP contribution in [0.15, 0.2) is 65.4 Å². The Morgan fingerprint density at radius 1 is 1.07 bits per heavy atom. The van der Waals surface area contributed by atoms with Gasteiger partial charge in [-0.15, -0.1) is 0 Å². The summed E-state index contributed by atoms with van der Waals surface area (Å²) in [4.78, 5) is 15.0. The second-order valence-corrected chi connectivity index (χ2v) is 7.92. The molecule has 0 saturated carbocycles. The molecule has 0 aliphatic carbocycles. The lowest BCUT2D eigenvalue weighted by molar-refractivity contribution is 0.0384. The van der Waals surface area contributed by atoms with Gasteiger partial charge < -0.3 is 10.1 Å². The van der Waals surface area contributed by atoms with E-state index in [4.69, 9.17) is 4.74 Å². The summed E-state index contributed by atoms with van der Waals surface area (Å²) in [5, 5.41) is 7.23. The highest BCUT2D eigenvalue weighted by molar-refractivity contribution is 9.10. The minimum atomic E-state index is -0.172. The number of morpholine rings is 1. The maximum atomic E-state index is 12.5. The van der Waals surface area contributed by atoms with Crippen molar-refractivity contribution >= 4 is 27.5 Å². The Hall–Kier alpha value is -2.48. The molecular weight excluding hydrogens is 432 g/mol. The van der Waals surface area contributed by atoms with E-state index in [0.717, 1.165) is 55.1 Å². The number of halogens is 1. The molecule has 29 heavy (non-hydrogen) atoms. The van der Waals surface area contributed by atoms with Crippen molar-refractivity contribution in [3.63, 3.8) is 0 Å². The molecule has 7 heteroatoms. The number of rotatable bonds is 6. The molecule has 0 radical (unpaired) electrons. The molecule has 1 aliphatic heterocycles. The minimum Gasteiger partial charge on any atom is -0.379 e. The van der Waals surface area contributed by atoms with E-state index >= 15 is 0 Å². The van der Waals surface area contributed by atoms with Crippen LogP contribution in [0.2, 0.25) is 0 Å². The molecule has 150 valence electrons. The zero-order chi connectivity index (χ0) is 20.1. The van der Waals surface area contributed by atoms with E-state index in [9.17, 15) is 4.79 Å². The fraction of sp³-hybridized carbons (Fsp3) is 0.273. The predicted molar refractivity (Wildman–Crippen MR) is 117 cm³/mol. The fourth-order valence-electron chi connectivity index (χ4n) is 3.25. The van der Waals surface area contributed by atoms with E-state index in [1.54, 1.807) is 17.1 Å². The number of nitrogens with zero attached hydrogens (tertiary/aromatic N) is 3. The van der Waals surface area contributed by atoms with Crippen molar-refractivity contribution < 1.29 is 9.53 Å². The van der Waals surface area contributed by atoms with Crippen molar-refractivity contribution in [1.82, 2.24) is 14.7 Å². The number of benzene rings is 2. The van der Waals surface area contributed by atoms with Crippen LogP contribution in [0.25, 0.3) is 5.69 Å². The van der Waals surface area contributed by atoms with Gasteiger partial charge in [0, 0.05) is 36.0 Å². The monoisotopic (exact) mass is 454 g/mol. The van der Waals surface area contributed by atoms with Crippen molar-refractivity contribution in [2.24, 2.45) is 0 Å². The number of anilines is 1. The van der Waals surface area contributed by atoms with Gasteiger partial charge >= 0.3 is 0 Å². The molecule has 2 heterocycles. The Labute approximate surface area is 178 Å². The summed E-state index contributed by atoms with van der Waals surface area (Å²) in [6, 6.07) is 15.8. The largest absolute Gasteiger partial charge is 0.379 e. The van der Waals surface area contributed by atoms with Gasteiger partial charge in [-0.2, -0.15) is 5.10 Å². The van der Waals surface area contributed by atoms with Crippen LogP contribution in [0, 0.1) is 0 Å². The summed E-state index contributed by atoms with van der Waals surface area (Å²) >= 11 is 3.42. The third kappa shape index (κ3) is 5.32. The summed E-state index contributed by atoms with van der Waals surface area (Å²) in [6.07, 6.45) is 4.30. The molecular formula is C22H23BrN4O2. The molecule has 4 rings (SSSR count). The van der Waals surface area contributed by atoms with Crippen LogP contribution >= 0.6 is 15.9 Å². The van der Waals surface area contributed by atoms with Crippen molar-refractivity contribution in [3.05, 3.63) is 76.5 Å². The van der Waals surface area contributed by atoms with Gasteiger partial charge in [-0.1, -0.05) is 28.1 Å². The zero-order valence-electron chi connectivity index (χ0n) is 16.1. The summed E-state index contributed by atoms with van der Waals surface area (Å²) in [5.74, 6) is -0.172. The predicted octanol–water partition coefficient (Wildman–Crippen LogP) is 3.76. The van der Waals surface area contributed by atoms with Gasteiger partial charge in [0.25, 0.3) is 5.91 Å². The van der Waals surface area contributed by atoms with Crippen molar-refractivity contribution in [2.45, 2.75) is 6.42 Å². The van der Waals surface area contributed by atoms with Crippen LogP contribution in [0.4, 0.5) is 5.69 Å². The number of nitrogens with one attached hydrogen (secondary N) is 1. The summed E-state index contributed by atoms with van der Waals surface area (Å²) in [7, 11) is 0. The standard InChI is InChI=1S/C22H23BrN4O2/c23-19-3-7-21(8-4-19)27-16-18(15-24-27)22(28)25-20-5-1-17(2-6-20)9-10-26-11-13-29-14-12-26/h1-8,15-16H,9-14H2,(H,25,28). The first-order valence-electron chi connectivity index (χ1n) is 9.68. The van der Waals surface area contributed by atoms with Crippen LogP contribution in [-0.2, 0) is 11.2 Å². The van der Waals surface area contributed by atoms with Gasteiger partial charge in [0.2, 0.25) is 0 Å². The number of hydrogen-bond donors (Lipinski definition) is 1. The SMILES string of the molecule is O=C(Nc1ccc(CCN2CCOCC2)cc1)c1cnn(-c2ccc(Br)cc2)c1. The Kier molecular flexibility index (Phi) is 6.39. The van der Waals surface area contributed by atoms with Gasteiger partial charge in [0.15, 0.2) is 0 Å². The molecule has 0 spiro atoms. The van der Waals surface area contributed by atoms with E-state index in [-0.39, 0.29) is 5.91 Å². The maximum Gasteiger partial charge on any atom is 0.258 e. The number of carbonyl (C=O) groups excluding carboxylic acids is 1. The Balaban J connectivity index is 1.33. The normalized spacial score (nSPS) is 14.7. The molecule has 6 nitrogen and oxygen atoms in total. The highest BCUT2D eigenvalue weighted by Crippen LogP contribution is 2.16. The van der Waals surface area contributed by atoms with Gasteiger partial charge in [-0.3, -0.25) is 9.69 Å². The van der Waals surface area contributed by atoms with Gasteiger partial charge in [-0.05, 0) is 48.4 Å². The van der Waals surface area contributed by atoms with Crippen molar-refractivity contribution in [2.75, 3.05) is 38.2 Å². The molecule has 1 aliphatic rings. The van der Waals surface area contributed by atoms with E-state index in [1.807, 2.05) is 36.4 Å². The van der Waals surface area contributed by atoms with Crippen LogP contribution < -0.4 is 5.32 Å². The lowest BCUT2D eigenvalue weighted by Gasteiger charge is -2.26. The van der Waals surface area contributed by atoms with E-state index in [0.29, 0.717) is 5.56 Å². The summed E-state index contributed by atoms with van der Waals surface area (Å²) < 4.78 is 8.07. The molecule has 1 saturated heterocycles. The molecule has 1 fully saturated rings. The average molecular weight is 455 g/mol. The average Bonchev–Trinajstić information content (AvgIpc) is 3.25. The summed E-state index contributed by atoms with van der Waals surface area (Å²) in [5.41, 5.74) is 3.46. The first-order chi connectivity index (χ1) is 14.2. The molecule has 3 aromatic rings. The van der Waals surface area contributed by atoms with Gasteiger partial charge in [-0.25, -0.2) is 4.68 Å². The molecule has 0 atom stereocenters. The third-order valence-corrected chi connectivity index (χ3v) is 5.50. The summed E-state index contributed by atoms with van der Waals surface area (Å²) in [6.45, 7) is 4.68.